The number of nitro groups is 1. The van der Waals surface area contributed by atoms with Gasteiger partial charge in [0.1, 0.15) is 0 Å². The second kappa shape index (κ2) is 6.75. The number of non-ortho nitro benzene ring substituents is 1. The molecule has 0 radical (unpaired) electrons. The van der Waals surface area contributed by atoms with E-state index in [1.807, 2.05) is 0 Å². The van der Waals surface area contributed by atoms with Crippen molar-refractivity contribution in [2.24, 2.45) is 17.8 Å². The first-order valence-corrected chi connectivity index (χ1v) is 10.6. The summed E-state index contributed by atoms with van der Waals surface area (Å²) in [5.74, 6) is 2.25. The van der Waals surface area contributed by atoms with Crippen LogP contribution in [-0.4, -0.2) is 50.4 Å². The van der Waals surface area contributed by atoms with E-state index >= 15 is 0 Å². The summed E-state index contributed by atoms with van der Waals surface area (Å²) < 4.78 is 27.0. The van der Waals surface area contributed by atoms with Crippen molar-refractivity contribution >= 4 is 15.7 Å². The Labute approximate surface area is 153 Å². The molecule has 0 amide bonds. The van der Waals surface area contributed by atoms with E-state index in [0.717, 1.165) is 37.4 Å². The van der Waals surface area contributed by atoms with Crippen LogP contribution >= 0.6 is 0 Å². The highest BCUT2D eigenvalue weighted by Gasteiger charge is 2.39. The van der Waals surface area contributed by atoms with Crippen molar-refractivity contribution in [3.8, 4) is 0 Å². The maximum atomic E-state index is 12.8. The van der Waals surface area contributed by atoms with Gasteiger partial charge >= 0.3 is 0 Å². The molecule has 3 atom stereocenters. The van der Waals surface area contributed by atoms with Gasteiger partial charge in [0, 0.05) is 18.1 Å². The molecule has 0 aromatic heterocycles. The van der Waals surface area contributed by atoms with E-state index in [1.165, 1.54) is 46.3 Å². The lowest BCUT2D eigenvalue weighted by Crippen LogP contribution is -3.15. The number of nitrogens with one attached hydrogen (secondary N) is 1. The summed E-state index contributed by atoms with van der Waals surface area (Å²) in [5, 5.41) is 10.7. The SMILES string of the molecule is O=[N+]([O-])c1ccc(S(=O)(=O)N2CC[NH+](C[C@H]3C[C@@H]4C=C[C@H]3C4)CC2)cc1. The number of hydrogen-bond donors (Lipinski definition) is 1. The van der Waals surface area contributed by atoms with Crippen LogP contribution in [0.25, 0.3) is 0 Å². The van der Waals surface area contributed by atoms with Gasteiger partial charge in [-0.05, 0) is 36.8 Å². The Morgan fingerprint density at radius 2 is 1.81 bits per heavy atom. The molecule has 140 valence electrons. The van der Waals surface area contributed by atoms with E-state index in [2.05, 4.69) is 12.2 Å². The molecule has 2 bridgehead atoms. The maximum Gasteiger partial charge on any atom is 0.269 e. The van der Waals surface area contributed by atoms with Gasteiger partial charge in [-0.3, -0.25) is 10.1 Å². The normalized spacial score (nSPS) is 29.3. The van der Waals surface area contributed by atoms with E-state index in [-0.39, 0.29) is 10.6 Å². The van der Waals surface area contributed by atoms with Gasteiger partial charge in [-0.15, -0.1) is 0 Å². The van der Waals surface area contributed by atoms with Gasteiger partial charge in [0.2, 0.25) is 10.0 Å². The first-order chi connectivity index (χ1) is 12.4. The Hall–Kier alpha value is -1.77. The third-order valence-corrected chi connectivity index (χ3v) is 7.99. The van der Waals surface area contributed by atoms with Crippen molar-refractivity contribution in [1.29, 1.82) is 0 Å². The molecule has 0 unspecified atom stereocenters. The summed E-state index contributed by atoms with van der Waals surface area (Å²) in [6, 6.07) is 5.15. The molecule has 7 nitrogen and oxygen atoms in total. The molecule has 3 aliphatic rings. The van der Waals surface area contributed by atoms with E-state index < -0.39 is 14.9 Å². The molecule has 1 aliphatic heterocycles. The van der Waals surface area contributed by atoms with E-state index in [1.54, 1.807) is 0 Å². The summed E-state index contributed by atoms with van der Waals surface area (Å²) in [5.41, 5.74) is -0.0990. The lowest BCUT2D eigenvalue weighted by Gasteiger charge is -2.33. The molecule has 4 rings (SSSR count). The fourth-order valence-electron chi connectivity index (χ4n) is 4.64. The van der Waals surface area contributed by atoms with Crippen LogP contribution in [0.1, 0.15) is 12.8 Å². The molecule has 26 heavy (non-hydrogen) atoms. The highest BCUT2D eigenvalue weighted by molar-refractivity contribution is 7.89. The minimum absolute atomic E-state index is 0.0990. The molecule has 1 N–H and O–H groups in total. The lowest BCUT2D eigenvalue weighted by atomic mass is 9.93. The molecule has 1 aromatic carbocycles. The summed E-state index contributed by atoms with van der Waals surface area (Å²) >= 11 is 0. The van der Waals surface area contributed by atoms with Crippen LogP contribution in [0.2, 0.25) is 0 Å². The van der Waals surface area contributed by atoms with Crippen LogP contribution in [-0.2, 0) is 10.0 Å². The minimum atomic E-state index is -3.58. The van der Waals surface area contributed by atoms with Crippen LogP contribution in [0.5, 0.6) is 0 Å². The number of hydrogen-bond acceptors (Lipinski definition) is 4. The standard InChI is InChI=1S/C18H23N3O4S/c22-21(23)17-3-5-18(6-4-17)26(24,25)20-9-7-19(8-10-20)13-16-12-14-1-2-15(16)11-14/h1-6,14-16H,7-13H2/p+1/t14-,15+,16-/m1/s1. The van der Waals surface area contributed by atoms with Crippen molar-refractivity contribution in [3.05, 3.63) is 46.5 Å². The molecule has 2 aliphatic carbocycles. The molecule has 8 heteroatoms. The summed E-state index contributed by atoms with van der Waals surface area (Å²) in [6.45, 7) is 3.79. The molecule has 1 aromatic rings. The predicted molar refractivity (Wildman–Crippen MR) is 96.3 cm³/mol. The molecule has 1 heterocycles. The molecular weight excluding hydrogens is 354 g/mol. The fourth-order valence-corrected chi connectivity index (χ4v) is 6.08. The van der Waals surface area contributed by atoms with Crippen molar-refractivity contribution < 1.29 is 18.2 Å². The Bertz CT molecular complexity index is 813. The average Bonchev–Trinajstić information content (AvgIpc) is 3.25. The smallest absolute Gasteiger partial charge is 0.269 e. The van der Waals surface area contributed by atoms with Gasteiger partial charge in [-0.2, -0.15) is 4.31 Å². The van der Waals surface area contributed by atoms with Gasteiger partial charge in [0.05, 0.1) is 42.5 Å². The number of benzene rings is 1. The predicted octanol–water partition coefficient (Wildman–Crippen LogP) is 0.696. The number of rotatable bonds is 5. The minimum Gasteiger partial charge on any atom is -0.332 e. The topological polar surface area (TPSA) is 85.0 Å². The summed E-state index contributed by atoms with van der Waals surface area (Å²) in [6.07, 6.45) is 7.31. The number of nitro benzene ring substituents is 1. The van der Waals surface area contributed by atoms with Crippen molar-refractivity contribution in [1.82, 2.24) is 4.31 Å². The van der Waals surface area contributed by atoms with Crippen molar-refractivity contribution in [2.75, 3.05) is 32.7 Å². The first kappa shape index (κ1) is 17.6. The molecule has 0 spiro atoms. The largest absolute Gasteiger partial charge is 0.332 e. The number of piperazine rings is 1. The lowest BCUT2D eigenvalue weighted by molar-refractivity contribution is -0.907. The quantitative estimate of drug-likeness (QED) is 0.464. The number of sulfonamides is 1. The highest BCUT2D eigenvalue weighted by atomic mass is 32.2. The molecular formula is C18H24N3O4S+. The van der Waals surface area contributed by atoms with Crippen LogP contribution in [0.15, 0.2) is 41.3 Å². The third-order valence-electron chi connectivity index (χ3n) is 6.08. The Morgan fingerprint density at radius 3 is 2.35 bits per heavy atom. The Balaban J connectivity index is 1.36. The zero-order valence-electron chi connectivity index (χ0n) is 14.6. The average molecular weight is 378 g/mol. The van der Waals surface area contributed by atoms with Gasteiger partial charge in [0.15, 0.2) is 0 Å². The van der Waals surface area contributed by atoms with Gasteiger partial charge < -0.3 is 4.90 Å². The highest BCUT2D eigenvalue weighted by Crippen LogP contribution is 2.42. The third kappa shape index (κ3) is 3.28. The van der Waals surface area contributed by atoms with Crippen LogP contribution < -0.4 is 4.90 Å². The van der Waals surface area contributed by atoms with Gasteiger partial charge in [0.25, 0.3) is 5.69 Å². The van der Waals surface area contributed by atoms with Crippen LogP contribution in [0.4, 0.5) is 5.69 Å². The zero-order chi connectivity index (χ0) is 18.3. The van der Waals surface area contributed by atoms with E-state index in [4.69, 9.17) is 0 Å². The number of fused-ring (bicyclic) bond motifs is 2. The summed E-state index contributed by atoms with van der Waals surface area (Å²) in [4.78, 5) is 11.8. The Morgan fingerprint density at radius 1 is 1.12 bits per heavy atom. The maximum absolute atomic E-state index is 12.8. The Kier molecular flexibility index (Phi) is 4.58. The van der Waals surface area contributed by atoms with Gasteiger partial charge in [-0.1, -0.05) is 12.2 Å². The second-order valence-corrected chi connectivity index (χ2v) is 9.59. The number of quaternary nitrogens is 1. The molecule has 1 saturated heterocycles. The number of nitrogens with zero attached hydrogens (tertiary/aromatic N) is 2. The molecule has 1 saturated carbocycles. The van der Waals surface area contributed by atoms with Gasteiger partial charge in [-0.25, -0.2) is 8.42 Å². The zero-order valence-corrected chi connectivity index (χ0v) is 15.4. The monoisotopic (exact) mass is 378 g/mol. The van der Waals surface area contributed by atoms with Crippen molar-refractivity contribution in [2.45, 2.75) is 17.7 Å². The van der Waals surface area contributed by atoms with Crippen molar-refractivity contribution in [3.63, 3.8) is 0 Å². The summed E-state index contributed by atoms with van der Waals surface area (Å²) in [7, 11) is -3.58. The van der Waals surface area contributed by atoms with Crippen LogP contribution in [0, 0.1) is 27.9 Å². The first-order valence-electron chi connectivity index (χ1n) is 9.20. The van der Waals surface area contributed by atoms with E-state index in [0.29, 0.717) is 13.1 Å². The molecule has 2 fully saturated rings. The fraction of sp³-hybridized carbons (Fsp3) is 0.556. The second-order valence-electron chi connectivity index (χ2n) is 7.65. The van der Waals surface area contributed by atoms with Crippen LogP contribution in [0.3, 0.4) is 0 Å². The van der Waals surface area contributed by atoms with E-state index in [9.17, 15) is 18.5 Å². The number of allylic oxidation sites excluding steroid dienone is 2.